The molecule has 0 heterocycles. The van der Waals surface area contributed by atoms with Gasteiger partial charge in [0.25, 0.3) is 0 Å². The van der Waals surface area contributed by atoms with Crippen molar-refractivity contribution in [3.63, 3.8) is 0 Å². The Morgan fingerprint density at radius 1 is 1.09 bits per heavy atom. The molecule has 0 aliphatic heterocycles. The lowest BCUT2D eigenvalue weighted by Gasteiger charge is -2.16. The van der Waals surface area contributed by atoms with Crippen LogP contribution in [-0.2, 0) is 29.1 Å². The predicted octanol–water partition coefficient (Wildman–Crippen LogP) is 4.22. The van der Waals surface area contributed by atoms with Crippen LogP contribution in [0.1, 0.15) is 29.2 Å². The fraction of sp³-hybridized carbons (Fsp3) is 0.200. The molecule has 0 aromatic heterocycles. The second-order valence-electron chi connectivity index (χ2n) is 7.15. The van der Waals surface area contributed by atoms with E-state index in [0.717, 1.165) is 6.21 Å². The molecule has 166 valence electrons. The molecule has 0 saturated carbocycles. The number of nitrogens with two attached hydrogens (primary N) is 2. The van der Waals surface area contributed by atoms with Crippen LogP contribution < -0.4 is 16.2 Å². The Morgan fingerprint density at radius 3 is 2.56 bits per heavy atom. The number of carbonyl (C=O) groups is 1. The van der Waals surface area contributed by atoms with E-state index in [1.165, 1.54) is 0 Å². The van der Waals surface area contributed by atoms with Gasteiger partial charge in [-0.25, -0.2) is 4.39 Å². The van der Waals surface area contributed by atoms with E-state index >= 15 is 0 Å². The summed E-state index contributed by atoms with van der Waals surface area (Å²) in [5.74, 6) is -0.218. The zero-order valence-electron chi connectivity index (χ0n) is 17.9. The third-order valence-electron chi connectivity index (χ3n) is 5.01. The summed E-state index contributed by atoms with van der Waals surface area (Å²) in [5, 5.41) is 7.75. The zero-order chi connectivity index (χ0) is 23.1. The van der Waals surface area contributed by atoms with E-state index in [-0.39, 0.29) is 25.5 Å². The first kappa shape index (κ1) is 23.0. The van der Waals surface area contributed by atoms with Crippen molar-refractivity contribution in [1.82, 2.24) is 0 Å². The molecular weight excluding hydrogens is 409 g/mol. The molecule has 0 radical (unpaired) electrons. The maximum absolute atomic E-state index is 15.0. The van der Waals surface area contributed by atoms with Gasteiger partial charge in [-0.3, -0.25) is 4.79 Å². The molecule has 5 N–H and O–H groups in total. The minimum absolute atomic E-state index is 0.0646. The van der Waals surface area contributed by atoms with Crippen LogP contribution in [0.3, 0.4) is 0 Å². The molecule has 0 bridgehead atoms. The summed E-state index contributed by atoms with van der Waals surface area (Å²) in [4.78, 5) is 11.9. The number of hydrogen-bond donors (Lipinski definition) is 3. The number of anilines is 1. The van der Waals surface area contributed by atoms with Crippen molar-refractivity contribution >= 4 is 17.9 Å². The number of halogens is 1. The lowest BCUT2D eigenvalue weighted by atomic mass is 9.94. The van der Waals surface area contributed by atoms with Gasteiger partial charge in [0, 0.05) is 40.7 Å². The average molecular weight is 435 g/mol. The van der Waals surface area contributed by atoms with Crippen LogP contribution in [0.15, 0.2) is 54.6 Å². The SMILES string of the molecule is CCOC(=O)Cc1ccccc1OCc1cc(N)c(C=N)c(-c2cccc(CN)c2F)c1. The van der Waals surface area contributed by atoms with Crippen molar-refractivity contribution in [3.05, 3.63) is 82.7 Å². The Labute approximate surface area is 186 Å². The number of esters is 1. The lowest BCUT2D eigenvalue weighted by Crippen LogP contribution is -2.09. The smallest absolute Gasteiger partial charge is 0.310 e. The molecule has 0 spiro atoms. The van der Waals surface area contributed by atoms with Gasteiger partial charge in [0.15, 0.2) is 0 Å². The molecule has 7 heteroatoms. The quantitative estimate of drug-likeness (QED) is 0.265. The summed E-state index contributed by atoms with van der Waals surface area (Å²) in [6.45, 7) is 2.28. The van der Waals surface area contributed by atoms with Crippen LogP contribution >= 0.6 is 0 Å². The minimum Gasteiger partial charge on any atom is -0.489 e. The second kappa shape index (κ2) is 10.5. The van der Waals surface area contributed by atoms with Crippen LogP contribution in [-0.4, -0.2) is 18.8 Å². The fourth-order valence-electron chi connectivity index (χ4n) is 3.47. The van der Waals surface area contributed by atoms with Crippen LogP contribution in [0.4, 0.5) is 10.1 Å². The van der Waals surface area contributed by atoms with Crippen LogP contribution in [0.5, 0.6) is 5.75 Å². The van der Waals surface area contributed by atoms with E-state index in [1.807, 2.05) is 12.1 Å². The summed E-state index contributed by atoms with van der Waals surface area (Å²) in [6, 6.07) is 15.6. The number of rotatable bonds is 9. The van der Waals surface area contributed by atoms with Crippen molar-refractivity contribution in [2.24, 2.45) is 5.73 Å². The Bertz CT molecular complexity index is 1130. The molecule has 0 amide bonds. The largest absolute Gasteiger partial charge is 0.489 e. The van der Waals surface area contributed by atoms with E-state index in [4.69, 9.17) is 26.4 Å². The third-order valence-corrected chi connectivity index (χ3v) is 5.01. The molecule has 0 aliphatic rings. The van der Waals surface area contributed by atoms with Gasteiger partial charge in [0.1, 0.15) is 18.2 Å². The number of nitrogens with one attached hydrogen (secondary N) is 1. The van der Waals surface area contributed by atoms with Gasteiger partial charge in [0.05, 0.1) is 13.0 Å². The molecule has 3 aromatic carbocycles. The Balaban J connectivity index is 1.92. The second-order valence-corrected chi connectivity index (χ2v) is 7.15. The van der Waals surface area contributed by atoms with E-state index in [0.29, 0.717) is 51.4 Å². The molecule has 32 heavy (non-hydrogen) atoms. The zero-order valence-corrected chi connectivity index (χ0v) is 17.9. The molecule has 0 unspecified atom stereocenters. The van der Waals surface area contributed by atoms with Gasteiger partial charge >= 0.3 is 5.97 Å². The summed E-state index contributed by atoms with van der Waals surface area (Å²) in [6.07, 6.45) is 1.21. The number of carbonyl (C=O) groups excluding carboxylic acids is 1. The highest BCUT2D eigenvalue weighted by atomic mass is 19.1. The van der Waals surface area contributed by atoms with E-state index < -0.39 is 5.82 Å². The average Bonchev–Trinajstić information content (AvgIpc) is 2.78. The first-order valence-corrected chi connectivity index (χ1v) is 10.3. The normalized spacial score (nSPS) is 10.6. The Kier molecular flexibility index (Phi) is 7.57. The topological polar surface area (TPSA) is 111 Å². The number of hydrogen-bond acceptors (Lipinski definition) is 6. The van der Waals surface area contributed by atoms with E-state index in [9.17, 15) is 9.18 Å². The maximum atomic E-state index is 15.0. The van der Waals surface area contributed by atoms with Gasteiger partial charge in [-0.05, 0) is 36.2 Å². The molecule has 0 fully saturated rings. The molecule has 0 saturated heterocycles. The number of ether oxygens (including phenoxy) is 2. The van der Waals surface area contributed by atoms with Crippen molar-refractivity contribution in [2.45, 2.75) is 26.5 Å². The first-order valence-electron chi connectivity index (χ1n) is 10.3. The number of benzene rings is 3. The van der Waals surface area contributed by atoms with Crippen LogP contribution in [0.25, 0.3) is 11.1 Å². The first-order chi connectivity index (χ1) is 15.5. The predicted molar refractivity (Wildman–Crippen MR) is 123 cm³/mol. The van der Waals surface area contributed by atoms with E-state index in [1.54, 1.807) is 49.4 Å². The standard InChI is InChI=1S/C25H26FN3O3/c1-2-31-24(30)12-17-6-3-4-9-23(17)32-15-16-10-20(21(14-28)22(29)11-16)19-8-5-7-18(13-27)25(19)26/h3-11,14,28H,2,12-13,15,27,29H2,1H3. The van der Waals surface area contributed by atoms with Gasteiger partial charge in [-0.1, -0.05) is 36.4 Å². The minimum atomic E-state index is -0.435. The van der Waals surface area contributed by atoms with Crippen LogP contribution in [0, 0.1) is 11.2 Å². The molecule has 3 rings (SSSR count). The third kappa shape index (κ3) is 5.12. The lowest BCUT2D eigenvalue weighted by molar-refractivity contribution is -0.142. The Hall–Kier alpha value is -3.71. The van der Waals surface area contributed by atoms with Gasteiger partial charge in [0.2, 0.25) is 0 Å². The number of nitrogen functional groups attached to an aromatic ring is 1. The monoisotopic (exact) mass is 435 g/mol. The van der Waals surface area contributed by atoms with E-state index in [2.05, 4.69) is 0 Å². The molecule has 0 atom stereocenters. The summed E-state index contributed by atoms with van der Waals surface area (Å²) < 4.78 is 25.9. The highest BCUT2D eigenvalue weighted by Gasteiger charge is 2.16. The van der Waals surface area contributed by atoms with Crippen molar-refractivity contribution in [2.75, 3.05) is 12.3 Å². The molecular formula is C25H26FN3O3. The van der Waals surface area contributed by atoms with Gasteiger partial charge in [-0.2, -0.15) is 0 Å². The highest BCUT2D eigenvalue weighted by Crippen LogP contribution is 2.32. The maximum Gasteiger partial charge on any atom is 0.310 e. The highest BCUT2D eigenvalue weighted by molar-refractivity contribution is 5.95. The van der Waals surface area contributed by atoms with Gasteiger partial charge in [-0.15, -0.1) is 0 Å². The number of para-hydroxylation sites is 1. The molecule has 3 aromatic rings. The van der Waals surface area contributed by atoms with Gasteiger partial charge < -0.3 is 26.4 Å². The van der Waals surface area contributed by atoms with Crippen LogP contribution in [0.2, 0.25) is 0 Å². The fourth-order valence-corrected chi connectivity index (χ4v) is 3.47. The van der Waals surface area contributed by atoms with Crippen molar-refractivity contribution in [3.8, 4) is 16.9 Å². The Morgan fingerprint density at radius 2 is 1.84 bits per heavy atom. The molecule has 0 aliphatic carbocycles. The molecule has 6 nitrogen and oxygen atoms in total. The summed E-state index contributed by atoms with van der Waals surface area (Å²) in [7, 11) is 0. The summed E-state index contributed by atoms with van der Waals surface area (Å²) in [5.41, 5.74) is 15.2. The van der Waals surface area contributed by atoms with Crippen molar-refractivity contribution in [1.29, 1.82) is 5.41 Å². The van der Waals surface area contributed by atoms with Crippen molar-refractivity contribution < 1.29 is 18.7 Å². The summed E-state index contributed by atoms with van der Waals surface area (Å²) >= 11 is 0.